The van der Waals surface area contributed by atoms with E-state index in [9.17, 15) is 9.59 Å². The summed E-state index contributed by atoms with van der Waals surface area (Å²) in [4.78, 5) is 21.7. The van der Waals surface area contributed by atoms with Crippen LogP contribution in [0.5, 0.6) is 5.75 Å². The van der Waals surface area contributed by atoms with E-state index < -0.39 is 11.8 Å². The number of hydrogen-bond acceptors (Lipinski definition) is 4. The molecule has 6 nitrogen and oxygen atoms in total. The van der Waals surface area contributed by atoms with Crippen molar-refractivity contribution in [1.82, 2.24) is 5.43 Å². The predicted molar refractivity (Wildman–Crippen MR) is 52.8 cm³/mol. The van der Waals surface area contributed by atoms with Gasteiger partial charge in [-0.3, -0.25) is 15.0 Å². The second-order valence-electron chi connectivity index (χ2n) is 2.72. The monoisotopic (exact) mass is 209 g/mol. The summed E-state index contributed by atoms with van der Waals surface area (Å²) in [6, 6.07) is 6.40. The van der Waals surface area contributed by atoms with Crippen molar-refractivity contribution in [2.75, 3.05) is 6.61 Å². The molecule has 0 radical (unpaired) electrons. The zero-order valence-electron chi connectivity index (χ0n) is 7.90. The fourth-order valence-electron chi connectivity index (χ4n) is 1.01. The molecule has 0 aromatic heterocycles. The van der Waals surface area contributed by atoms with E-state index in [2.05, 4.69) is 0 Å². The molecule has 1 aromatic rings. The molecule has 6 heteroatoms. The van der Waals surface area contributed by atoms with Gasteiger partial charge in [0.1, 0.15) is 5.75 Å². The van der Waals surface area contributed by atoms with E-state index >= 15 is 0 Å². The van der Waals surface area contributed by atoms with Crippen LogP contribution < -0.4 is 21.7 Å². The van der Waals surface area contributed by atoms with Crippen LogP contribution in [0, 0.1) is 0 Å². The van der Waals surface area contributed by atoms with E-state index in [0.29, 0.717) is 0 Å². The van der Waals surface area contributed by atoms with Crippen LogP contribution in [0.4, 0.5) is 0 Å². The lowest BCUT2D eigenvalue weighted by molar-refractivity contribution is -0.119. The topological polar surface area (TPSA) is 107 Å². The Hall–Kier alpha value is -2.08. The van der Waals surface area contributed by atoms with Crippen LogP contribution in [0.3, 0.4) is 0 Å². The molecule has 0 saturated carbocycles. The number of hydrogen-bond donors (Lipinski definition) is 3. The number of nitrogen functional groups attached to an aromatic ring is 1. The van der Waals surface area contributed by atoms with Gasteiger partial charge in [-0.05, 0) is 12.1 Å². The molecule has 0 fully saturated rings. The molecule has 80 valence electrons. The number of benzene rings is 1. The van der Waals surface area contributed by atoms with Gasteiger partial charge in [-0.25, -0.2) is 5.84 Å². The average Bonchev–Trinajstić information content (AvgIpc) is 2.25. The van der Waals surface area contributed by atoms with Gasteiger partial charge in [0.2, 0.25) is 0 Å². The van der Waals surface area contributed by atoms with E-state index in [0.717, 1.165) is 0 Å². The summed E-state index contributed by atoms with van der Waals surface area (Å²) < 4.78 is 5.03. The number of carbonyl (C=O) groups excluding carboxylic acids is 2. The van der Waals surface area contributed by atoms with Gasteiger partial charge < -0.3 is 10.5 Å². The SMILES string of the molecule is NNC(=O)c1ccccc1OCC(N)=O. The lowest BCUT2D eigenvalue weighted by Crippen LogP contribution is -2.30. The second-order valence-corrected chi connectivity index (χ2v) is 2.72. The molecular formula is C9H11N3O3. The first kappa shape index (κ1) is 11.0. The zero-order chi connectivity index (χ0) is 11.3. The Kier molecular flexibility index (Phi) is 3.64. The van der Waals surface area contributed by atoms with Crippen LogP contribution in [0.1, 0.15) is 10.4 Å². The van der Waals surface area contributed by atoms with Crippen LogP contribution in [-0.4, -0.2) is 18.4 Å². The Morgan fingerprint density at radius 2 is 2.00 bits per heavy atom. The molecule has 15 heavy (non-hydrogen) atoms. The van der Waals surface area contributed by atoms with Gasteiger partial charge >= 0.3 is 0 Å². The molecule has 0 aliphatic heterocycles. The highest BCUT2D eigenvalue weighted by Gasteiger charge is 2.10. The van der Waals surface area contributed by atoms with Crippen LogP contribution in [-0.2, 0) is 4.79 Å². The van der Waals surface area contributed by atoms with Crippen molar-refractivity contribution in [3.63, 3.8) is 0 Å². The van der Waals surface area contributed by atoms with Crippen molar-refractivity contribution >= 4 is 11.8 Å². The Balaban J connectivity index is 2.86. The van der Waals surface area contributed by atoms with Gasteiger partial charge in [-0.1, -0.05) is 12.1 Å². The zero-order valence-corrected chi connectivity index (χ0v) is 7.90. The Bertz CT molecular complexity index is 379. The third kappa shape index (κ3) is 2.96. The minimum Gasteiger partial charge on any atom is -0.483 e. The lowest BCUT2D eigenvalue weighted by atomic mass is 10.2. The van der Waals surface area contributed by atoms with Crippen molar-refractivity contribution in [3.8, 4) is 5.75 Å². The fourth-order valence-corrected chi connectivity index (χ4v) is 1.01. The van der Waals surface area contributed by atoms with Crippen LogP contribution in [0.2, 0.25) is 0 Å². The van der Waals surface area contributed by atoms with Crippen LogP contribution in [0.25, 0.3) is 0 Å². The molecule has 2 amide bonds. The number of ether oxygens (including phenoxy) is 1. The van der Waals surface area contributed by atoms with E-state index in [-0.39, 0.29) is 17.9 Å². The molecule has 0 bridgehead atoms. The molecular weight excluding hydrogens is 198 g/mol. The Morgan fingerprint density at radius 3 is 2.60 bits per heavy atom. The summed E-state index contributed by atoms with van der Waals surface area (Å²) in [6.07, 6.45) is 0. The van der Waals surface area contributed by atoms with Crippen LogP contribution in [0.15, 0.2) is 24.3 Å². The van der Waals surface area contributed by atoms with Gasteiger partial charge in [-0.15, -0.1) is 0 Å². The highest BCUT2D eigenvalue weighted by molar-refractivity contribution is 5.96. The average molecular weight is 209 g/mol. The number of amides is 2. The number of primary amides is 1. The van der Waals surface area contributed by atoms with Crippen molar-refractivity contribution < 1.29 is 14.3 Å². The van der Waals surface area contributed by atoms with Crippen molar-refractivity contribution in [1.29, 1.82) is 0 Å². The van der Waals surface area contributed by atoms with Gasteiger partial charge in [-0.2, -0.15) is 0 Å². The first-order valence-electron chi connectivity index (χ1n) is 4.16. The van der Waals surface area contributed by atoms with E-state index in [1.54, 1.807) is 18.2 Å². The third-order valence-electron chi connectivity index (χ3n) is 1.63. The standard InChI is InChI=1S/C9H11N3O3/c10-8(13)5-15-7-4-2-1-3-6(7)9(14)12-11/h1-4H,5,11H2,(H2,10,13)(H,12,14). The van der Waals surface area contributed by atoms with Gasteiger partial charge in [0.25, 0.3) is 11.8 Å². The van der Waals surface area contributed by atoms with E-state index in [4.69, 9.17) is 16.3 Å². The number of nitrogens with one attached hydrogen (secondary N) is 1. The third-order valence-corrected chi connectivity index (χ3v) is 1.63. The predicted octanol–water partition coefficient (Wildman–Crippen LogP) is -0.846. The molecule has 0 aliphatic rings. The van der Waals surface area contributed by atoms with E-state index in [1.807, 2.05) is 5.43 Å². The normalized spacial score (nSPS) is 9.40. The molecule has 0 unspecified atom stereocenters. The first-order chi connectivity index (χ1) is 7.15. The Labute approximate surface area is 86.2 Å². The highest BCUT2D eigenvalue weighted by Crippen LogP contribution is 2.17. The maximum Gasteiger partial charge on any atom is 0.268 e. The molecule has 0 saturated heterocycles. The second kappa shape index (κ2) is 4.97. The van der Waals surface area contributed by atoms with Crippen LogP contribution >= 0.6 is 0 Å². The molecule has 0 atom stereocenters. The number of rotatable bonds is 4. The molecule has 5 N–H and O–H groups in total. The maximum absolute atomic E-state index is 11.2. The summed E-state index contributed by atoms with van der Waals surface area (Å²) >= 11 is 0. The van der Waals surface area contributed by atoms with Crippen molar-refractivity contribution in [3.05, 3.63) is 29.8 Å². The number of nitrogens with two attached hydrogens (primary N) is 2. The van der Waals surface area contributed by atoms with Crippen molar-refractivity contribution in [2.24, 2.45) is 11.6 Å². The molecule has 0 aliphatic carbocycles. The maximum atomic E-state index is 11.2. The summed E-state index contributed by atoms with van der Waals surface area (Å²) in [5.74, 6) is 4.14. The fraction of sp³-hybridized carbons (Fsp3) is 0.111. The van der Waals surface area contributed by atoms with E-state index in [1.165, 1.54) is 6.07 Å². The van der Waals surface area contributed by atoms with Crippen molar-refractivity contribution in [2.45, 2.75) is 0 Å². The number of hydrazine groups is 1. The first-order valence-corrected chi connectivity index (χ1v) is 4.16. The molecule has 1 rings (SSSR count). The highest BCUT2D eigenvalue weighted by atomic mass is 16.5. The summed E-state index contributed by atoms with van der Waals surface area (Å²) in [5.41, 5.74) is 7.14. The Morgan fingerprint density at radius 1 is 1.33 bits per heavy atom. The number of para-hydroxylation sites is 1. The molecule has 0 spiro atoms. The smallest absolute Gasteiger partial charge is 0.268 e. The molecule has 1 aromatic carbocycles. The lowest BCUT2D eigenvalue weighted by Gasteiger charge is -2.08. The summed E-state index contributed by atoms with van der Waals surface area (Å²) in [6.45, 7) is -0.283. The summed E-state index contributed by atoms with van der Waals surface area (Å²) in [7, 11) is 0. The van der Waals surface area contributed by atoms with Gasteiger partial charge in [0.15, 0.2) is 6.61 Å². The minimum absolute atomic E-state index is 0.251. The van der Waals surface area contributed by atoms with Gasteiger partial charge in [0, 0.05) is 0 Å². The van der Waals surface area contributed by atoms with Gasteiger partial charge in [0.05, 0.1) is 5.56 Å². The number of carbonyl (C=O) groups is 2. The minimum atomic E-state index is -0.613. The summed E-state index contributed by atoms with van der Waals surface area (Å²) in [5, 5.41) is 0. The quantitative estimate of drug-likeness (QED) is 0.341. The largest absolute Gasteiger partial charge is 0.483 e. The molecule has 0 heterocycles.